The topological polar surface area (TPSA) is 236 Å². The number of aliphatic carboxylic acids is 4. The Balaban J connectivity index is -0.000000333. The SMILES string of the molecule is O=C(O)CN(CCN(CC(=O)O)CC(=O)O)CC(=O)O.[Na+].[Na+].[O]=[W](=[O])([O-])[O-]. The molecule has 0 heterocycles. The van der Waals surface area contributed by atoms with Gasteiger partial charge in [-0.2, -0.15) is 0 Å². The summed E-state index contributed by atoms with van der Waals surface area (Å²) in [6.45, 7) is -2.25. The molecule has 0 radical (unpaired) electrons. The first-order valence-corrected chi connectivity index (χ1v) is 11.0. The first kappa shape index (κ1) is 34.5. The van der Waals surface area contributed by atoms with Gasteiger partial charge >= 0.3 is 114 Å². The average molecular weight is 586 g/mol. The van der Waals surface area contributed by atoms with Crippen molar-refractivity contribution in [2.75, 3.05) is 39.3 Å². The van der Waals surface area contributed by atoms with Crippen LogP contribution in [0.25, 0.3) is 0 Å². The molecule has 14 nitrogen and oxygen atoms in total. The number of carboxylic acids is 4. The van der Waals surface area contributed by atoms with Crippen molar-refractivity contribution in [3.8, 4) is 0 Å². The van der Waals surface area contributed by atoms with Crippen LogP contribution in [0.15, 0.2) is 0 Å². The van der Waals surface area contributed by atoms with Crippen LogP contribution in [0.4, 0.5) is 0 Å². The fraction of sp³-hybridized carbons (Fsp3) is 0.600. The van der Waals surface area contributed by atoms with Gasteiger partial charge in [0.1, 0.15) is 0 Å². The first-order chi connectivity index (χ1) is 11.2. The Kier molecular flexibility index (Phi) is 23.1. The fourth-order valence-electron chi connectivity index (χ4n) is 1.48. The third-order valence-electron chi connectivity index (χ3n) is 2.17. The minimum absolute atomic E-state index is 0. The molecule has 0 aromatic heterocycles. The molecule has 0 spiro atoms. The zero-order valence-corrected chi connectivity index (χ0v) is 21.5. The molecule has 0 aliphatic carbocycles. The molecule has 0 bridgehead atoms. The molecule has 0 saturated heterocycles. The van der Waals surface area contributed by atoms with Crippen LogP contribution in [-0.2, 0) is 42.7 Å². The Morgan fingerprint density at radius 3 is 0.889 bits per heavy atom. The summed E-state index contributed by atoms with van der Waals surface area (Å²) in [7, 11) is 0. The molecule has 0 unspecified atom stereocenters. The van der Waals surface area contributed by atoms with Crippen LogP contribution in [-0.4, -0.2) is 93.4 Å². The van der Waals surface area contributed by atoms with E-state index < -0.39 is 66.8 Å². The van der Waals surface area contributed by atoms with Gasteiger partial charge in [0.25, 0.3) is 0 Å². The van der Waals surface area contributed by atoms with Gasteiger partial charge in [-0.05, 0) is 0 Å². The molecular weight excluding hydrogens is 570 g/mol. The van der Waals surface area contributed by atoms with Crippen LogP contribution in [0.5, 0.6) is 0 Å². The third kappa shape index (κ3) is 34.0. The van der Waals surface area contributed by atoms with Gasteiger partial charge in [0.05, 0.1) is 26.2 Å². The molecule has 17 heteroatoms. The molecule has 146 valence electrons. The number of carbonyl (C=O) groups is 4. The number of hydrogen-bond acceptors (Lipinski definition) is 10. The van der Waals surface area contributed by atoms with E-state index in [9.17, 15) is 19.2 Å². The van der Waals surface area contributed by atoms with Gasteiger partial charge in [0.2, 0.25) is 0 Å². The normalized spacial score (nSPS) is 10.1. The van der Waals surface area contributed by atoms with Gasteiger partial charge in [-0.3, -0.25) is 29.0 Å². The van der Waals surface area contributed by atoms with Gasteiger partial charge in [-0.25, -0.2) is 0 Å². The molecular formula is C10H16N2Na2O12W. The van der Waals surface area contributed by atoms with Gasteiger partial charge in [0, 0.05) is 13.1 Å². The maximum atomic E-state index is 10.6. The summed E-state index contributed by atoms with van der Waals surface area (Å²) in [6, 6.07) is 0. The average Bonchev–Trinajstić information content (AvgIpc) is 2.30. The Hall–Kier alpha value is 0.00831. The van der Waals surface area contributed by atoms with E-state index in [4.69, 9.17) is 34.7 Å². The Bertz CT molecular complexity index is 509. The third-order valence-corrected chi connectivity index (χ3v) is 2.17. The number of carboxylic acid groups (broad SMARTS) is 4. The zero-order valence-electron chi connectivity index (χ0n) is 14.6. The van der Waals surface area contributed by atoms with Crippen molar-refractivity contribution in [3.63, 3.8) is 0 Å². The van der Waals surface area contributed by atoms with E-state index in [1.165, 1.54) is 0 Å². The standard InChI is InChI=1S/C10H16N2O8.2Na.4O.W/c13-7(14)3-11(4-8(15)16)1-2-12(5-9(17)18)6-10(19)20;;;;;;;/h1-6H2,(H,13,14)(H,15,16)(H,17,18)(H,19,20);;;;;;;/q;2*+1;;;2*-1;. The van der Waals surface area contributed by atoms with Gasteiger partial charge in [-0.1, -0.05) is 0 Å². The van der Waals surface area contributed by atoms with Crippen molar-refractivity contribution in [1.29, 1.82) is 0 Å². The molecule has 0 aliphatic rings. The van der Waals surface area contributed by atoms with Crippen LogP contribution in [0.2, 0.25) is 0 Å². The summed E-state index contributed by atoms with van der Waals surface area (Å²) >= 11 is -6.17. The fourth-order valence-corrected chi connectivity index (χ4v) is 1.48. The first-order valence-electron chi connectivity index (χ1n) is 6.19. The van der Waals surface area contributed by atoms with Crippen LogP contribution in [0.1, 0.15) is 0 Å². The van der Waals surface area contributed by atoms with Gasteiger partial charge in [-0.15, -0.1) is 0 Å². The summed E-state index contributed by atoms with van der Waals surface area (Å²) in [5, 5.41) is 34.5. The summed E-state index contributed by atoms with van der Waals surface area (Å²) in [4.78, 5) is 44.4. The number of hydrogen-bond donors (Lipinski definition) is 4. The predicted octanol–water partition coefficient (Wildman–Crippen LogP) is -10.7. The Labute approximate surface area is 201 Å². The maximum absolute atomic E-state index is 10.6. The Morgan fingerprint density at radius 2 is 0.778 bits per heavy atom. The molecule has 0 aromatic carbocycles. The van der Waals surface area contributed by atoms with Crippen LogP contribution in [0, 0.1) is 0 Å². The molecule has 0 atom stereocenters. The van der Waals surface area contributed by atoms with Crippen LogP contribution >= 0.6 is 0 Å². The number of rotatable bonds is 11. The quantitative estimate of drug-likeness (QED) is 0.165. The Morgan fingerprint density at radius 1 is 0.630 bits per heavy atom. The summed E-state index contributed by atoms with van der Waals surface area (Å²) in [5.74, 6) is -4.91. The van der Waals surface area contributed by atoms with E-state index in [1.807, 2.05) is 0 Å². The summed E-state index contributed by atoms with van der Waals surface area (Å²) in [5.41, 5.74) is 0. The summed E-state index contributed by atoms with van der Waals surface area (Å²) < 4.78 is 34.6. The molecule has 0 saturated carbocycles. The zero-order chi connectivity index (χ0) is 20.2. The van der Waals surface area contributed by atoms with Crippen molar-refractivity contribution in [2.24, 2.45) is 0 Å². The van der Waals surface area contributed by atoms with E-state index >= 15 is 0 Å². The van der Waals surface area contributed by atoms with E-state index in [0.717, 1.165) is 9.80 Å². The molecule has 0 aromatic rings. The molecule has 0 amide bonds. The second-order valence-corrected chi connectivity index (χ2v) is 7.34. The van der Waals surface area contributed by atoms with E-state index in [-0.39, 0.29) is 72.2 Å². The van der Waals surface area contributed by atoms with E-state index in [2.05, 4.69) is 0 Å². The molecule has 0 rings (SSSR count). The van der Waals surface area contributed by atoms with E-state index in [1.54, 1.807) is 0 Å². The van der Waals surface area contributed by atoms with Crippen molar-refractivity contribution >= 4 is 23.9 Å². The van der Waals surface area contributed by atoms with Crippen molar-refractivity contribution < 1.29 is 130 Å². The van der Waals surface area contributed by atoms with Crippen molar-refractivity contribution in [3.05, 3.63) is 0 Å². The monoisotopic (exact) mass is 586 g/mol. The second-order valence-electron chi connectivity index (χ2n) is 4.40. The van der Waals surface area contributed by atoms with Gasteiger partial charge in [0.15, 0.2) is 0 Å². The molecule has 0 aliphatic heterocycles. The van der Waals surface area contributed by atoms with Gasteiger partial charge < -0.3 is 20.4 Å². The van der Waals surface area contributed by atoms with Crippen molar-refractivity contribution in [1.82, 2.24) is 9.80 Å². The van der Waals surface area contributed by atoms with Crippen molar-refractivity contribution in [2.45, 2.75) is 0 Å². The van der Waals surface area contributed by atoms with Crippen LogP contribution in [0.3, 0.4) is 0 Å². The van der Waals surface area contributed by atoms with Crippen LogP contribution < -0.4 is 66.6 Å². The second kappa shape index (κ2) is 18.1. The molecule has 0 fully saturated rings. The molecule has 27 heavy (non-hydrogen) atoms. The summed E-state index contributed by atoms with van der Waals surface area (Å²) in [6.07, 6.45) is 0. The predicted molar refractivity (Wildman–Crippen MR) is 64.8 cm³/mol. The molecule has 4 N–H and O–H groups in total. The number of nitrogens with zero attached hydrogens (tertiary/aromatic N) is 2. The minimum atomic E-state index is -6.17. The van der Waals surface area contributed by atoms with E-state index in [0.29, 0.717) is 0 Å².